The first-order valence-corrected chi connectivity index (χ1v) is 12.2. The summed E-state index contributed by atoms with van der Waals surface area (Å²) in [5.41, 5.74) is 2.02. The first-order chi connectivity index (χ1) is 17.3. The number of amides is 1. The van der Waals surface area contributed by atoms with Crippen LogP contribution in [0.25, 0.3) is 0 Å². The van der Waals surface area contributed by atoms with Crippen molar-refractivity contribution in [1.29, 1.82) is 0 Å². The average Bonchev–Trinajstić information content (AvgIpc) is 3.16. The number of carbonyl (C=O) groups excluding carboxylic acids is 2. The maximum atomic E-state index is 15.3. The van der Waals surface area contributed by atoms with Crippen molar-refractivity contribution < 1.29 is 28.2 Å². The van der Waals surface area contributed by atoms with E-state index in [9.17, 15) is 9.59 Å². The molecule has 188 valence electrons. The average molecular weight is 510 g/mol. The summed E-state index contributed by atoms with van der Waals surface area (Å²) < 4.78 is 30.0. The van der Waals surface area contributed by atoms with Crippen molar-refractivity contribution in [3.8, 4) is 11.5 Å². The Labute approximate surface area is 214 Å². The Balaban J connectivity index is 1.86. The zero-order chi connectivity index (χ0) is 25.9. The monoisotopic (exact) mass is 509 g/mol. The number of likely N-dealkylation sites (tertiary alicyclic amines) is 1. The molecule has 1 aliphatic rings. The smallest absolute Gasteiger partial charge is 0.325 e. The van der Waals surface area contributed by atoms with Crippen LogP contribution >= 0.6 is 11.8 Å². The number of nitrogens with zero attached hydrogens (tertiary/aromatic N) is 1. The fourth-order valence-electron chi connectivity index (χ4n) is 4.59. The Hall–Kier alpha value is -3.52. The molecular formula is C28H28FNO5S. The Kier molecular flexibility index (Phi) is 7.54. The van der Waals surface area contributed by atoms with E-state index in [1.807, 2.05) is 31.2 Å². The molecule has 2 unspecified atom stereocenters. The molecule has 0 bridgehead atoms. The summed E-state index contributed by atoms with van der Waals surface area (Å²) >= 11 is 1.23. The Morgan fingerprint density at radius 3 is 2.42 bits per heavy atom. The van der Waals surface area contributed by atoms with Gasteiger partial charge in [0.15, 0.2) is 4.75 Å². The summed E-state index contributed by atoms with van der Waals surface area (Å²) in [5, 5.41) is 0. The van der Waals surface area contributed by atoms with Gasteiger partial charge in [0.05, 0.1) is 33.8 Å². The van der Waals surface area contributed by atoms with Gasteiger partial charge in [-0.15, -0.1) is 11.8 Å². The first-order valence-electron chi connectivity index (χ1n) is 11.4. The van der Waals surface area contributed by atoms with E-state index >= 15 is 4.39 Å². The van der Waals surface area contributed by atoms with Crippen molar-refractivity contribution in [2.24, 2.45) is 0 Å². The van der Waals surface area contributed by atoms with E-state index in [0.29, 0.717) is 17.1 Å². The second kappa shape index (κ2) is 10.6. The summed E-state index contributed by atoms with van der Waals surface area (Å²) in [4.78, 5) is 29.4. The van der Waals surface area contributed by atoms with Gasteiger partial charge in [-0.1, -0.05) is 35.9 Å². The van der Waals surface area contributed by atoms with Crippen molar-refractivity contribution in [1.82, 2.24) is 4.90 Å². The largest absolute Gasteiger partial charge is 0.497 e. The molecule has 6 nitrogen and oxygen atoms in total. The minimum absolute atomic E-state index is 0.109. The third kappa shape index (κ3) is 4.78. The van der Waals surface area contributed by atoms with Crippen LogP contribution in [-0.4, -0.2) is 42.9 Å². The molecule has 1 aliphatic heterocycles. The molecule has 1 saturated heterocycles. The van der Waals surface area contributed by atoms with Gasteiger partial charge >= 0.3 is 5.97 Å². The van der Waals surface area contributed by atoms with Crippen LogP contribution in [0.1, 0.15) is 29.2 Å². The molecule has 0 N–H and O–H groups in total. The molecule has 3 aromatic rings. The maximum absolute atomic E-state index is 15.3. The van der Waals surface area contributed by atoms with Gasteiger partial charge in [-0.2, -0.15) is 0 Å². The van der Waals surface area contributed by atoms with Crippen LogP contribution in [0, 0.1) is 12.7 Å². The maximum Gasteiger partial charge on any atom is 0.325 e. The Morgan fingerprint density at radius 1 is 1.06 bits per heavy atom. The quantitative estimate of drug-likeness (QED) is 0.383. The van der Waals surface area contributed by atoms with E-state index in [-0.39, 0.29) is 24.4 Å². The number of esters is 1. The number of halogens is 1. The highest BCUT2D eigenvalue weighted by atomic mass is 32.2. The molecule has 1 amide bonds. The number of carbonyl (C=O) groups is 2. The molecule has 0 aliphatic carbocycles. The lowest BCUT2D eigenvalue weighted by Crippen LogP contribution is -2.43. The molecule has 1 fully saturated rings. The van der Waals surface area contributed by atoms with Crippen LogP contribution in [0.3, 0.4) is 0 Å². The zero-order valence-corrected chi connectivity index (χ0v) is 21.4. The van der Waals surface area contributed by atoms with Crippen LogP contribution in [-0.2, 0) is 20.9 Å². The van der Waals surface area contributed by atoms with Crippen molar-refractivity contribution >= 4 is 23.6 Å². The molecule has 0 radical (unpaired) electrons. The predicted octanol–water partition coefficient (Wildman–Crippen LogP) is 5.33. The highest BCUT2D eigenvalue weighted by Crippen LogP contribution is 2.54. The number of benzene rings is 3. The third-order valence-corrected chi connectivity index (χ3v) is 7.78. The summed E-state index contributed by atoms with van der Waals surface area (Å²) in [5.74, 6) is -0.240. The van der Waals surface area contributed by atoms with Crippen LogP contribution in [0.4, 0.5) is 4.39 Å². The van der Waals surface area contributed by atoms with Gasteiger partial charge in [0.2, 0.25) is 5.91 Å². The van der Waals surface area contributed by atoms with E-state index in [1.165, 1.54) is 32.0 Å². The number of ether oxygens (including phenoxy) is 3. The van der Waals surface area contributed by atoms with Crippen molar-refractivity contribution in [2.45, 2.75) is 35.6 Å². The van der Waals surface area contributed by atoms with Crippen molar-refractivity contribution in [2.75, 3.05) is 21.3 Å². The van der Waals surface area contributed by atoms with Gasteiger partial charge in [0.25, 0.3) is 0 Å². The lowest BCUT2D eigenvalue weighted by atomic mass is 9.92. The molecule has 0 spiro atoms. The van der Waals surface area contributed by atoms with Gasteiger partial charge in [-0.25, -0.2) is 4.39 Å². The molecule has 2 atom stereocenters. The number of thioether (sulfide) groups is 1. The van der Waals surface area contributed by atoms with Crippen molar-refractivity contribution in [3.05, 3.63) is 89.2 Å². The minimum Gasteiger partial charge on any atom is -0.497 e. The van der Waals surface area contributed by atoms with E-state index in [1.54, 1.807) is 48.4 Å². The standard InChI is InChI=1S/C28H28FNO5S/c1-18-9-13-21(14-10-18)36-28(27(32)35-4)16-25(31)30(26(28)22-7-5-6-8-23(22)29)17-19-11-12-20(33-2)15-24(19)34-3/h5-15,26H,16-17H2,1-4H3. The van der Waals surface area contributed by atoms with Crippen molar-refractivity contribution in [3.63, 3.8) is 0 Å². The van der Waals surface area contributed by atoms with Gasteiger partial charge in [0, 0.05) is 28.6 Å². The van der Waals surface area contributed by atoms with Crippen LogP contribution in [0.5, 0.6) is 11.5 Å². The van der Waals surface area contributed by atoms with Crippen LogP contribution in [0.15, 0.2) is 71.6 Å². The summed E-state index contributed by atoms with van der Waals surface area (Å²) in [6.45, 7) is 2.08. The van der Waals surface area contributed by atoms with Gasteiger partial charge in [0.1, 0.15) is 17.3 Å². The number of rotatable bonds is 8. The lowest BCUT2D eigenvalue weighted by molar-refractivity contribution is -0.144. The SMILES string of the molecule is COC(=O)C1(Sc2ccc(C)cc2)CC(=O)N(Cc2ccc(OC)cc2OC)C1c1ccccc1F. The normalized spacial score (nSPS) is 19.3. The molecule has 36 heavy (non-hydrogen) atoms. The minimum atomic E-state index is -1.40. The topological polar surface area (TPSA) is 65.1 Å². The fourth-order valence-corrected chi connectivity index (χ4v) is 6.01. The second-order valence-electron chi connectivity index (χ2n) is 8.60. The van der Waals surface area contributed by atoms with Gasteiger partial charge < -0.3 is 19.1 Å². The fraction of sp³-hybridized carbons (Fsp3) is 0.286. The summed E-state index contributed by atoms with van der Waals surface area (Å²) in [6.07, 6.45) is -0.143. The van der Waals surface area contributed by atoms with Gasteiger partial charge in [-0.05, 0) is 37.3 Å². The number of methoxy groups -OCH3 is 3. The molecule has 1 heterocycles. The third-order valence-electron chi connectivity index (χ3n) is 6.37. The highest BCUT2D eigenvalue weighted by Gasteiger charge is 2.59. The molecular weight excluding hydrogens is 481 g/mol. The molecule has 3 aromatic carbocycles. The van der Waals surface area contributed by atoms with Crippen LogP contribution in [0.2, 0.25) is 0 Å². The van der Waals surface area contributed by atoms with E-state index in [2.05, 4.69) is 0 Å². The number of hydrogen-bond donors (Lipinski definition) is 0. The molecule has 0 saturated carbocycles. The number of hydrogen-bond acceptors (Lipinski definition) is 6. The zero-order valence-electron chi connectivity index (χ0n) is 20.6. The first kappa shape index (κ1) is 25.6. The molecule has 4 rings (SSSR count). The molecule has 0 aromatic heterocycles. The van der Waals surface area contributed by atoms with E-state index in [0.717, 1.165) is 10.5 Å². The summed E-state index contributed by atoms with van der Waals surface area (Å²) in [6, 6.07) is 18.3. The lowest BCUT2D eigenvalue weighted by Gasteiger charge is -2.36. The second-order valence-corrected chi connectivity index (χ2v) is 10.0. The molecule has 8 heteroatoms. The Morgan fingerprint density at radius 2 is 1.78 bits per heavy atom. The number of aryl methyl sites for hydroxylation is 1. The Bertz CT molecular complexity index is 1270. The van der Waals surface area contributed by atoms with Crippen LogP contribution < -0.4 is 9.47 Å². The van der Waals surface area contributed by atoms with E-state index in [4.69, 9.17) is 14.2 Å². The highest BCUT2D eigenvalue weighted by molar-refractivity contribution is 8.01. The summed E-state index contributed by atoms with van der Waals surface area (Å²) in [7, 11) is 4.38. The van der Waals surface area contributed by atoms with Gasteiger partial charge in [-0.3, -0.25) is 9.59 Å². The predicted molar refractivity (Wildman–Crippen MR) is 136 cm³/mol. The van der Waals surface area contributed by atoms with E-state index < -0.39 is 22.6 Å².